The number of hydrogen-bond acceptors (Lipinski definition) is 5. The average Bonchev–Trinajstić information content (AvgIpc) is 2.76. The van der Waals surface area contributed by atoms with E-state index < -0.39 is 0 Å². The van der Waals surface area contributed by atoms with Crippen LogP contribution >= 0.6 is 0 Å². The van der Waals surface area contributed by atoms with E-state index in [0.717, 1.165) is 12.2 Å². The van der Waals surface area contributed by atoms with Crippen molar-refractivity contribution in [2.75, 3.05) is 44.3 Å². The summed E-state index contributed by atoms with van der Waals surface area (Å²) in [6, 6.07) is 13.3. The predicted octanol–water partition coefficient (Wildman–Crippen LogP) is 3.16. The number of nitrogens with one attached hydrogen (secondary N) is 2. The first-order valence-electron chi connectivity index (χ1n) is 10.7. The third-order valence-electron chi connectivity index (χ3n) is 4.67. The van der Waals surface area contributed by atoms with Crippen LogP contribution in [-0.2, 0) is 4.79 Å². The fourth-order valence-corrected chi connectivity index (χ4v) is 3.14. The number of likely N-dealkylation sites (N-methyl/N-ethyl adjacent to an activating group) is 1. The van der Waals surface area contributed by atoms with Gasteiger partial charge in [-0.05, 0) is 63.6 Å². The van der Waals surface area contributed by atoms with Crippen molar-refractivity contribution in [3.63, 3.8) is 0 Å². The molecule has 0 bridgehead atoms. The van der Waals surface area contributed by atoms with Crippen LogP contribution in [0.2, 0.25) is 0 Å². The lowest BCUT2D eigenvalue weighted by molar-refractivity contribution is -0.120. The molecule has 7 nitrogen and oxygen atoms in total. The summed E-state index contributed by atoms with van der Waals surface area (Å²) in [6.45, 7) is 10.8. The van der Waals surface area contributed by atoms with Crippen molar-refractivity contribution < 1.29 is 19.1 Å². The van der Waals surface area contributed by atoms with Crippen LogP contribution < -0.4 is 25.0 Å². The third kappa shape index (κ3) is 7.51. The number of aryl methyl sites for hydroxylation is 1. The first kappa shape index (κ1) is 24.1. The SMILES string of the molecule is CCOc1ccc(C(=O)NCC(=O)NCCN(CC)c2cccc(C)c2)cc1OCC. The second-order valence-corrected chi connectivity index (χ2v) is 6.98. The Morgan fingerprint density at radius 2 is 1.68 bits per heavy atom. The molecule has 0 fully saturated rings. The second kappa shape index (κ2) is 12.5. The molecule has 0 aliphatic heterocycles. The van der Waals surface area contributed by atoms with Gasteiger partial charge in [-0.1, -0.05) is 12.1 Å². The summed E-state index contributed by atoms with van der Waals surface area (Å²) in [6.07, 6.45) is 0. The van der Waals surface area contributed by atoms with Crippen molar-refractivity contribution in [2.24, 2.45) is 0 Å². The van der Waals surface area contributed by atoms with E-state index in [4.69, 9.17) is 9.47 Å². The van der Waals surface area contributed by atoms with Gasteiger partial charge < -0.3 is 25.0 Å². The van der Waals surface area contributed by atoms with Crippen LogP contribution in [-0.4, -0.2) is 51.2 Å². The maximum Gasteiger partial charge on any atom is 0.251 e. The van der Waals surface area contributed by atoms with Gasteiger partial charge in [-0.15, -0.1) is 0 Å². The minimum Gasteiger partial charge on any atom is -0.490 e. The Morgan fingerprint density at radius 1 is 0.935 bits per heavy atom. The van der Waals surface area contributed by atoms with Crippen LogP contribution in [0.5, 0.6) is 11.5 Å². The number of rotatable bonds is 12. The maximum atomic E-state index is 12.4. The molecule has 0 aliphatic carbocycles. The first-order chi connectivity index (χ1) is 15.0. The maximum absolute atomic E-state index is 12.4. The summed E-state index contributed by atoms with van der Waals surface area (Å²) in [5.74, 6) is 0.531. The van der Waals surface area contributed by atoms with Gasteiger partial charge in [0, 0.05) is 30.9 Å². The topological polar surface area (TPSA) is 79.9 Å². The number of hydrogen-bond donors (Lipinski definition) is 2. The van der Waals surface area contributed by atoms with Crippen molar-refractivity contribution >= 4 is 17.5 Å². The Balaban J connectivity index is 1.82. The largest absolute Gasteiger partial charge is 0.490 e. The molecule has 0 heterocycles. The molecular formula is C24H33N3O4. The summed E-state index contributed by atoms with van der Waals surface area (Å²) in [7, 11) is 0. The Hall–Kier alpha value is -3.22. The first-order valence-corrected chi connectivity index (χ1v) is 10.7. The number of amides is 2. The Bertz CT molecular complexity index is 870. The van der Waals surface area contributed by atoms with E-state index in [-0.39, 0.29) is 18.4 Å². The minimum absolute atomic E-state index is 0.0907. The van der Waals surface area contributed by atoms with E-state index in [0.29, 0.717) is 43.4 Å². The van der Waals surface area contributed by atoms with E-state index in [1.54, 1.807) is 18.2 Å². The highest BCUT2D eigenvalue weighted by molar-refractivity contribution is 5.97. The summed E-state index contributed by atoms with van der Waals surface area (Å²) in [4.78, 5) is 26.8. The van der Waals surface area contributed by atoms with E-state index >= 15 is 0 Å². The summed E-state index contributed by atoms with van der Waals surface area (Å²) < 4.78 is 11.1. The van der Waals surface area contributed by atoms with Crippen LogP contribution in [0.3, 0.4) is 0 Å². The number of carbonyl (C=O) groups is 2. The summed E-state index contributed by atoms with van der Waals surface area (Å²) in [5, 5.41) is 5.51. The minimum atomic E-state index is -0.339. The quantitative estimate of drug-likeness (QED) is 0.544. The molecule has 2 amide bonds. The third-order valence-corrected chi connectivity index (χ3v) is 4.67. The van der Waals surface area contributed by atoms with Crippen molar-refractivity contribution in [3.05, 3.63) is 53.6 Å². The fraction of sp³-hybridized carbons (Fsp3) is 0.417. The van der Waals surface area contributed by atoms with Crippen LogP contribution in [0.25, 0.3) is 0 Å². The lowest BCUT2D eigenvalue weighted by Gasteiger charge is -2.23. The molecule has 2 aromatic carbocycles. The van der Waals surface area contributed by atoms with Crippen molar-refractivity contribution in [1.82, 2.24) is 10.6 Å². The molecule has 168 valence electrons. The van der Waals surface area contributed by atoms with Crippen LogP contribution in [0, 0.1) is 6.92 Å². The summed E-state index contributed by atoms with van der Waals surface area (Å²) >= 11 is 0. The number of benzene rings is 2. The van der Waals surface area contributed by atoms with Gasteiger partial charge in [-0.3, -0.25) is 9.59 Å². The van der Waals surface area contributed by atoms with E-state index in [9.17, 15) is 9.59 Å². The average molecular weight is 428 g/mol. The lowest BCUT2D eigenvalue weighted by atomic mass is 10.2. The number of nitrogens with zero attached hydrogens (tertiary/aromatic N) is 1. The predicted molar refractivity (Wildman–Crippen MR) is 123 cm³/mol. The smallest absolute Gasteiger partial charge is 0.251 e. The highest BCUT2D eigenvalue weighted by atomic mass is 16.5. The van der Waals surface area contributed by atoms with E-state index in [2.05, 4.69) is 47.6 Å². The Kier molecular flexibility index (Phi) is 9.68. The molecule has 2 aromatic rings. The molecule has 0 aromatic heterocycles. The molecule has 2 N–H and O–H groups in total. The monoisotopic (exact) mass is 427 g/mol. The molecule has 0 saturated carbocycles. The molecule has 7 heteroatoms. The molecule has 0 radical (unpaired) electrons. The Labute approximate surface area is 184 Å². The molecule has 31 heavy (non-hydrogen) atoms. The van der Waals surface area contributed by atoms with Gasteiger partial charge in [0.15, 0.2) is 11.5 Å². The number of anilines is 1. The highest BCUT2D eigenvalue weighted by Gasteiger charge is 2.13. The van der Waals surface area contributed by atoms with Gasteiger partial charge in [0.1, 0.15) is 0 Å². The van der Waals surface area contributed by atoms with Gasteiger partial charge in [0.05, 0.1) is 19.8 Å². The van der Waals surface area contributed by atoms with Gasteiger partial charge in [0.25, 0.3) is 5.91 Å². The molecule has 2 rings (SSSR count). The number of ether oxygens (including phenoxy) is 2. The molecule has 0 aliphatic rings. The standard InChI is InChI=1S/C24H33N3O4/c1-5-27(20-10-8-9-18(4)15-20)14-13-25-23(28)17-26-24(29)19-11-12-21(30-6-2)22(16-19)31-7-3/h8-12,15-16H,5-7,13-14,17H2,1-4H3,(H,25,28)(H,26,29). The van der Waals surface area contributed by atoms with Crippen LogP contribution in [0.4, 0.5) is 5.69 Å². The lowest BCUT2D eigenvalue weighted by Crippen LogP contribution is -2.40. The van der Waals surface area contributed by atoms with Gasteiger partial charge in [0.2, 0.25) is 5.91 Å². The summed E-state index contributed by atoms with van der Waals surface area (Å²) in [5.41, 5.74) is 2.74. The molecule has 0 atom stereocenters. The van der Waals surface area contributed by atoms with Crippen molar-refractivity contribution in [2.45, 2.75) is 27.7 Å². The van der Waals surface area contributed by atoms with Gasteiger partial charge in [-0.25, -0.2) is 0 Å². The van der Waals surface area contributed by atoms with Gasteiger partial charge in [-0.2, -0.15) is 0 Å². The van der Waals surface area contributed by atoms with Crippen molar-refractivity contribution in [3.8, 4) is 11.5 Å². The highest BCUT2D eigenvalue weighted by Crippen LogP contribution is 2.28. The molecule has 0 spiro atoms. The second-order valence-electron chi connectivity index (χ2n) is 6.98. The zero-order valence-corrected chi connectivity index (χ0v) is 18.9. The van der Waals surface area contributed by atoms with Gasteiger partial charge >= 0.3 is 0 Å². The number of carbonyl (C=O) groups excluding carboxylic acids is 2. The zero-order chi connectivity index (χ0) is 22.6. The van der Waals surface area contributed by atoms with Crippen LogP contribution in [0.15, 0.2) is 42.5 Å². The normalized spacial score (nSPS) is 10.3. The fourth-order valence-electron chi connectivity index (χ4n) is 3.14. The Morgan fingerprint density at radius 3 is 2.35 bits per heavy atom. The van der Waals surface area contributed by atoms with E-state index in [1.807, 2.05) is 19.9 Å². The zero-order valence-electron chi connectivity index (χ0n) is 18.9. The van der Waals surface area contributed by atoms with Crippen molar-refractivity contribution in [1.29, 1.82) is 0 Å². The molecule has 0 unspecified atom stereocenters. The van der Waals surface area contributed by atoms with Crippen LogP contribution in [0.1, 0.15) is 36.7 Å². The molecular weight excluding hydrogens is 394 g/mol. The molecule has 0 saturated heterocycles. The van der Waals surface area contributed by atoms with E-state index in [1.165, 1.54) is 5.56 Å².